The number of aromatic amines is 1. The molecular weight excluding hydrogens is 238 g/mol. The summed E-state index contributed by atoms with van der Waals surface area (Å²) in [5.74, 6) is 0.980. The average molecular weight is 257 g/mol. The van der Waals surface area contributed by atoms with E-state index in [2.05, 4.69) is 29.2 Å². The highest BCUT2D eigenvalue weighted by Gasteiger charge is 2.43. The maximum absolute atomic E-state index is 6.17. The van der Waals surface area contributed by atoms with Crippen LogP contribution in [0.5, 0.6) is 5.75 Å². The summed E-state index contributed by atoms with van der Waals surface area (Å²) in [7, 11) is 0. The van der Waals surface area contributed by atoms with Gasteiger partial charge in [0.05, 0.1) is 12.2 Å². The Morgan fingerprint density at radius 2 is 2.21 bits per heavy atom. The summed E-state index contributed by atoms with van der Waals surface area (Å²) in [6.07, 6.45) is 8.07. The molecule has 1 atom stereocenters. The molecule has 1 aromatic carbocycles. The van der Waals surface area contributed by atoms with Crippen LogP contribution in [-0.2, 0) is 4.74 Å². The van der Waals surface area contributed by atoms with E-state index in [0.717, 1.165) is 30.7 Å². The van der Waals surface area contributed by atoms with Crippen molar-refractivity contribution in [3.63, 3.8) is 0 Å². The number of hydrogen-bond donors (Lipinski definition) is 1. The second-order valence-electron chi connectivity index (χ2n) is 5.84. The molecule has 0 bridgehead atoms. The van der Waals surface area contributed by atoms with Crippen molar-refractivity contribution in [1.82, 2.24) is 4.98 Å². The van der Waals surface area contributed by atoms with Crippen molar-refractivity contribution in [2.45, 2.75) is 43.8 Å². The molecule has 1 saturated carbocycles. The van der Waals surface area contributed by atoms with Crippen LogP contribution >= 0.6 is 0 Å². The van der Waals surface area contributed by atoms with E-state index in [-0.39, 0.29) is 5.60 Å². The molecule has 1 unspecified atom stereocenters. The van der Waals surface area contributed by atoms with Gasteiger partial charge in [-0.15, -0.1) is 0 Å². The Labute approximate surface area is 112 Å². The molecule has 2 fully saturated rings. The third-order valence-corrected chi connectivity index (χ3v) is 4.54. The van der Waals surface area contributed by atoms with Crippen LogP contribution in [0.25, 0.3) is 10.9 Å². The van der Waals surface area contributed by atoms with Crippen LogP contribution in [0.4, 0.5) is 0 Å². The standard InChI is InChI=1S/C16H19NO2/c1-6-16(7-1)11-14(5-9-18-16)19-13-2-3-15-12(10-13)4-8-17-15/h2-4,8,10,14,17H,1,5-7,9,11H2. The second-order valence-corrected chi connectivity index (χ2v) is 5.84. The molecule has 2 aliphatic rings. The van der Waals surface area contributed by atoms with Gasteiger partial charge < -0.3 is 14.5 Å². The quantitative estimate of drug-likeness (QED) is 0.891. The molecule has 1 saturated heterocycles. The Kier molecular flexibility index (Phi) is 2.55. The van der Waals surface area contributed by atoms with Gasteiger partial charge in [0.15, 0.2) is 0 Å². The Bertz CT molecular complexity index is 585. The lowest BCUT2D eigenvalue weighted by molar-refractivity contribution is -0.153. The van der Waals surface area contributed by atoms with Gasteiger partial charge in [-0.2, -0.15) is 0 Å². The number of hydrogen-bond acceptors (Lipinski definition) is 2. The molecule has 100 valence electrons. The van der Waals surface area contributed by atoms with Crippen molar-refractivity contribution in [2.24, 2.45) is 0 Å². The van der Waals surface area contributed by atoms with Crippen molar-refractivity contribution in [3.05, 3.63) is 30.5 Å². The first-order valence-corrected chi connectivity index (χ1v) is 7.21. The van der Waals surface area contributed by atoms with Gasteiger partial charge in [0.25, 0.3) is 0 Å². The van der Waals surface area contributed by atoms with Gasteiger partial charge in [0, 0.05) is 29.9 Å². The lowest BCUT2D eigenvalue weighted by atomic mass is 9.74. The van der Waals surface area contributed by atoms with E-state index in [4.69, 9.17) is 9.47 Å². The number of benzene rings is 1. The topological polar surface area (TPSA) is 34.2 Å². The lowest BCUT2D eigenvalue weighted by Gasteiger charge is -2.46. The third kappa shape index (κ3) is 2.02. The molecule has 1 N–H and O–H groups in total. The first-order chi connectivity index (χ1) is 9.33. The first-order valence-electron chi connectivity index (χ1n) is 7.21. The van der Waals surface area contributed by atoms with Gasteiger partial charge >= 0.3 is 0 Å². The first kappa shape index (κ1) is 11.4. The monoisotopic (exact) mass is 257 g/mol. The minimum Gasteiger partial charge on any atom is -0.490 e. The second kappa shape index (κ2) is 4.27. The summed E-state index contributed by atoms with van der Waals surface area (Å²) in [4.78, 5) is 3.21. The van der Waals surface area contributed by atoms with Crippen molar-refractivity contribution in [3.8, 4) is 5.75 Å². The predicted molar refractivity (Wildman–Crippen MR) is 74.5 cm³/mol. The summed E-state index contributed by atoms with van der Waals surface area (Å²) in [5.41, 5.74) is 1.32. The fourth-order valence-electron chi connectivity index (χ4n) is 3.30. The van der Waals surface area contributed by atoms with Crippen molar-refractivity contribution < 1.29 is 9.47 Å². The van der Waals surface area contributed by atoms with Gasteiger partial charge in [0.2, 0.25) is 0 Å². The highest BCUT2D eigenvalue weighted by molar-refractivity contribution is 5.80. The highest BCUT2D eigenvalue weighted by Crippen LogP contribution is 2.43. The summed E-state index contributed by atoms with van der Waals surface area (Å²) in [6, 6.07) is 8.35. The van der Waals surface area contributed by atoms with E-state index in [0.29, 0.717) is 6.10 Å². The fraction of sp³-hybridized carbons (Fsp3) is 0.500. The molecule has 0 radical (unpaired) electrons. The lowest BCUT2D eigenvalue weighted by Crippen LogP contribution is -2.48. The van der Waals surface area contributed by atoms with Crippen LogP contribution in [-0.4, -0.2) is 23.3 Å². The molecule has 2 aromatic rings. The Balaban J connectivity index is 1.50. The maximum Gasteiger partial charge on any atom is 0.120 e. The SMILES string of the molecule is c1cc2cc(OC3CCOC4(CCC4)C3)ccc2[nH]1. The molecule has 0 amide bonds. The van der Waals surface area contributed by atoms with Crippen LogP contribution in [0.15, 0.2) is 30.5 Å². The number of aromatic nitrogens is 1. The molecule has 2 heterocycles. The zero-order chi connectivity index (χ0) is 12.7. The Morgan fingerprint density at radius 3 is 3.05 bits per heavy atom. The smallest absolute Gasteiger partial charge is 0.120 e. The molecule has 1 spiro atoms. The van der Waals surface area contributed by atoms with Gasteiger partial charge in [0.1, 0.15) is 11.9 Å². The maximum atomic E-state index is 6.17. The number of nitrogens with one attached hydrogen (secondary N) is 1. The molecule has 4 rings (SSSR count). The molecule has 1 aliphatic carbocycles. The van der Waals surface area contributed by atoms with Crippen LogP contribution in [0.2, 0.25) is 0 Å². The van der Waals surface area contributed by atoms with Crippen molar-refractivity contribution >= 4 is 10.9 Å². The number of fused-ring (bicyclic) bond motifs is 1. The van der Waals surface area contributed by atoms with Crippen LogP contribution in [0, 0.1) is 0 Å². The van der Waals surface area contributed by atoms with E-state index in [9.17, 15) is 0 Å². The minimum atomic E-state index is 0.154. The fourth-order valence-corrected chi connectivity index (χ4v) is 3.30. The van der Waals surface area contributed by atoms with E-state index >= 15 is 0 Å². The number of rotatable bonds is 2. The number of H-pyrrole nitrogens is 1. The number of ether oxygens (including phenoxy) is 2. The third-order valence-electron chi connectivity index (χ3n) is 4.54. The molecular formula is C16H19NO2. The highest BCUT2D eigenvalue weighted by atomic mass is 16.5. The molecule has 3 nitrogen and oxygen atoms in total. The molecule has 1 aliphatic heterocycles. The van der Waals surface area contributed by atoms with Gasteiger partial charge in [-0.3, -0.25) is 0 Å². The predicted octanol–water partition coefficient (Wildman–Crippen LogP) is 3.65. The van der Waals surface area contributed by atoms with Crippen LogP contribution < -0.4 is 4.74 Å². The van der Waals surface area contributed by atoms with E-state index in [1.165, 1.54) is 24.6 Å². The Hall–Kier alpha value is -1.48. The van der Waals surface area contributed by atoms with Crippen molar-refractivity contribution in [1.29, 1.82) is 0 Å². The van der Waals surface area contributed by atoms with Crippen LogP contribution in [0.3, 0.4) is 0 Å². The van der Waals surface area contributed by atoms with Gasteiger partial charge in [-0.25, -0.2) is 0 Å². The van der Waals surface area contributed by atoms with Crippen molar-refractivity contribution in [2.75, 3.05) is 6.61 Å². The zero-order valence-corrected chi connectivity index (χ0v) is 11.0. The summed E-state index contributed by atoms with van der Waals surface area (Å²) in [5, 5.41) is 1.21. The van der Waals surface area contributed by atoms with Gasteiger partial charge in [-0.05, 0) is 43.5 Å². The van der Waals surface area contributed by atoms with Crippen LogP contribution in [0.1, 0.15) is 32.1 Å². The average Bonchev–Trinajstić information content (AvgIpc) is 2.85. The summed E-state index contributed by atoms with van der Waals surface area (Å²) < 4.78 is 12.1. The summed E-state index contributed by atoms with van der Waals surface area (Å²) in [6.45, 7) is 0.844. The normalized spacial score (nSPS) is 25.4. The van der Waals surface area contributed by atoms with E-state index in [1.807, 2.05) is 6.20 Å². The Morgan fingerprint density at radius 1 is 1.26 bits per heavy atom. The largest absolute Gasteiger partial charge is 0.490 e. The minimum absolute atomic E-state index is 0.154. The zero-order valence-electron chi connectivity index (χ0n) is 11.0. The van der Waals surface area contributed by atoms with E-state index < -0.39 is 0 Å². The van der Waals surface area contributed by atoms with Gasteiger partial charge in [-0.1, -0.05) is 0 Å². The van der Waals surface area contributed by atoms with E-state index in [1.54, 1.807) is 0 Å². The molecule has 1 aromatic heterocycles. The molecule has 3 heteroatoms. The molecule has 19 heavy (non-hydrogen) atoms. The summed E-state index contributed by atoms with van der Waals surface area (Å²) >= 11 is 0.